The summed E-state index contributed by atoms with van der Waals surface area (Å²) in [4.78, 5) is 0. The predicted molar refractivity (Wildman–Crippen MR) is 57.2 cm³/mol. The molecule has 0 saturated carbocycles. The Kier molecular flexibility index (Phi) is 3.73. The summed E-state index contributed by atoms with van der Waals surface area (Å²) in [5, 5.41) is 20.8. The quantitative estimate of drug-likeness (QED) is 0.524. The van der Waals surface area contributed by atoms with Crippen LogP contribution in [-0.4, -0.2) is 29.5 Å². The molecule has 0 fully saturated rings. The third kappa shape index (κ3) is 2.61. The number of aryl methyl sites for hydroxylation is 1. The third-order valence-electron chi connectivity index (χ3n) is 2.06. The Labute approximate surface area is 83.4 Å². The van der Waals surface area contributed by atoms with Gasteiger partial charge in [0.2, 0.25) is 0 Å². The van der Waals surface area contributed by atoms with Crippen molar-refractivity contribution in [3.8, 4) is 0 Å². The van der Waals surface area contributed by atoms with Crippen molar-refractivity contribution in [1.29, 1.82) is 0 Å². The summed E-state index contributed by atoms with van der Waals surface area (Å²) in [5.74, 6) is 0. The van der Waals surface area contributed by atoms with Gasteiger partial charge < -0.3 is 21.3 Å². The Morgan fingerprint density at radius 1 is 1.36 bits per heavy atom. The molecule has 0 unspecified atom stereocenters. The van der Waals surface area contributed by atoms with Crippen LogP contribution in [0.4, 0.5) is 11.4 Å². The molecule has 0 radical (unpaired) electrons. The molecule has 4 nitrogen and oxygen atoms in total. The van der Waals surface area contributed by atoms with E-state index in [-0.39, 0.29) is 19.3 Å². The number of hydrogen-bond acceptors (Lipinski definition) is 4. The van der Waals surface area contributed by atoms with Gasteiger partial charge in [0.15, 0.2) is 0 Å². The summed E-state index contributed by atoms with van der Waals surface area (Å²) < 4.78 is 0. The van der Waals surface area contributed by atoms with E-state index in [2.05, 4.69) is 5.32 Å². The van der Waals surface area contributed by atoms with Gasteiger partial charge in [-0.1, -0.05) is 6.07 Å². The first kappa shape index (κ1) is 10.8. The highest BCUT2D eigenvalue weighted by Gasteiger charge is 2.06. The lowest BCUT2D eigenvalue weighted by molar-refractivity contribution is 0.204. The van der Waals surface area contributed by atoms with Crippen molar-refractivity contribution < 1.29 is 10.2 Å². The van der Waals surface area contributed by atoms with Crippen LogP contribution in [0.2, 0.25) is 0 Å². The maximum absolute atomic E-state index is 8.89. The van der Waals surface area contributed by atoms with Crippen molar-refractivity contribution in [1.82, 2.24) is 0 Å². The van der Waals surface area contributed by atoms with Gasteiger partial charge in [-0.15, -0.1) is 0 Å². The van der Waals surface area contributed by atoms with E-state index < -0.39 is 0 Å². The first-order valence-electron chi connectivity index (χ1n) is 4.51. The number of aliphatic hydroxyl groups is 2. The Bertz CT molecular complexity index is 298. The fraction of sp³-hybridized carbons (Fsp3) is 0.400. The second kappa shape index (κ2) is 4.83. The van der Waals surface area contributed by atoms with Crippen LogP contribution in [0.5, 0.6) is 0 Å². The molecule has 0 atom stereocenters. The van der Waals surface area contributed by atoms with Crippen molar-refractivity contribution in [2.24, 2.45) is 0 Å². The second-order valence-electron chi connectivity index (χ2n) is 3.28. The SMILES string of the molecule is Cc1ccc(N)cc1NC(CO)CO. The van der Waals surface area contributed by atoms with Gasteiger partial charge in [-0.2, -0.15) is 0 Å². The minimum atomic E-state index is -0.338. The zero-order chi connectivity index (χ0) is 10.6. The molecule has 0 spiro atoms. The lowest BCUT2D eigenvalue weighted by Gasteiger charge is -2.16. The van der Waals surface area contributed by atoms with Gasteiger partial charge in [-0.25, -0.2) is 0 Å². The molecule has 0 amide bonds. The number of nitrogen functional groups attached to an aromatic ring is 1. The Balaban J connectivity index is 2.79. The Morgan fingerprint density at radius 2 is 2.00 bits per heavy atom. The number of hydrogen-bond donors (Lipinski definition) is 4. The van der Waals surface area contributed by atoms with E-state index >= 15 is 0 Å². The normalized spacial score (nSPS) is 10.6. The first-order valence-corrected chi connectivity index (χ1v) is 4.51. The molecule has 0 bridgehead atoms. The average molecular weight is 196 g/mol. The number of anilines is 2. The lowest BCUT2D eigenvalue weighted by Crippen LogP contribution is -2.28. The third-order valence-corrected chi connectivity index (χ3v) is 2.06. The highest BCUT2D eigenvalue weighted by molar-refractivity contribution is 5.59. The van der Waals surface area contributed by atoms with E-state index in [4.69, 9.17) is 15.9 Å². The molecular weight excluding hydrogens is 180 g/mol. The Hall–Kier alpha value is -1.26. The number of nitrogens with two attached hydrogens (primary N) is 1. The summed E-state index contributed by atoms with van der Waals surface area (Å²) in [6.07, 6.45) is 0. The van der Waals surface area contributed by atoms with Gasteiger partial charge >= 0.3 is 0 Å². The lowest BCUT2D eigenvalue weighted by atomic mass is 10.1. The van der Waals surface area contributed by atoms with Crippen LogP contribution in [0.25, 0.3) is 0 Å². The monoisotopic (exact) mass is 196 g/mol. The van der Waals surface area contributed by atoms with Gasteiger partial charge in [0.25, 0.3) is 0 Å². The molecule has 0 heterocycles. The van der Waals surface area contributed by atoms with Gasteiger partial charge in [0, 0.05) is 11.4 Å². The van der Waals surface area contributed by atoms with Crippen molar-refractivity contribution in [3.63, 3.8) is 0 Å². The van der Waals surface area contributed by atoms with Crippen molar-refractivity contribution in [2.45, 2.75) is 13.0 Å². The summed E-state index contributed by atoms with van der Waals surface area (Å²) >= 11 is 0. The molecule has 0 aliphatic carbocycles. The maximum Gasteiger partial charge on any atom is 0.0723 e. The van der Waals surface area contributed by atoms with Crippen LogP contribution in [0, 0.1) is 6.92 Å². The van der Waals surface area contributed by atoms with Crippen LogP contribution in [0.3, 0.4) is 0 Å². The summed E-state index contributed by atoms with van der Waals surface area (Å²) in [5.41, 5.74) is 8.16. The highest BCUT2D eigenvalue weighted by atomic mass is 16.3. The van der Waals surface area contributed by atoms with Crippen LogP contribution in [-0.2, 0) is 0 Å². The van der Waals surface area contributed by atoms with E-state index in [0.29, 0.717) is 5.69 Å². The van der Waals surface area contributed by atoms with E-state index in [1.165, 1.54) is 0 Å². The minimum absolute atomic E-state index is 0.106. The van der Waals surface area contributed by atoms with Gasteiger partial charge in [-0.3, -0.25) is 0 Å². The minimum Gasteiger partial charge on any atom is -0.399 e. The molecule has 4 heteroatoms. The number of nitrogens with one attached hydrogen (secondary N) is 1. The maximum atomic E-state index is 8.89. The number of aliphatic hydroxyl groups excluding tert-OH is 2. The molecule has 1 aromatic carbocycles. The second-order valence-corrected chi connectivity index (χ2v) is 3.28. The summed E-state index contributed by atoms with van der Waals surface area (Å²) in [6.45, 7) is 1.73. The van der Waals surface area contributed by atoms with E-state index in [1.54, 1.807) is 6.07 Å². The van der Waals surface area contributed by atoms with Crippen LogP contribution < -0.4 is 11.1 Å². The molecule has 0 saturated heterocycles. The summed E-state index contributed by atoms with van der Waals surface area (Å²) in [7, 11) is 0. The van der Waals surface area contributed by atoms with Crippen LogP contribution >= 0.6 is 0 Å². The predicted octanol–water partition coefficient (Wildman–Crippen LogP) is 0.342. The molecule has 1 rings (SSSR count). The first-order chi connectivity index (χ1) is 6.67. The number of rotatable bonds is 4. The van der Waals surface area contributed by atoms with Crippen molar-refractivity contribution in [3.05, 3.63) is 23.8 Å². The van der Waals surface area contributed by atoms with Crippen LogP contribution in [0.15, 0.2) is 18.2 Å². The molecule has 5 N–H and O–H groups in total. The van der Waals surface area contributed by atoms with Crippen LogP contribution in [0.1, 0.15) is 5.56 Å². The average Bonchev–Trinajstić information content (AvgIpc) is 2.19. The summed E-state index contributed by atoms with van der Waals surface area (Å²) in [6, 6.07) is 5.15. The fourth-order valence-electron chi connectivity index (χ4n) is 1.16. The zero-order valence-electron chi connectivity index (χ0n) is 8.20. The highest BCUT2D eigenvalue weighted by Crippen LogP contribution is 2.18. The van der Waals surface area contributed by atoms with E-state index in [9.17, 15) is 0 Å². The van der Waals surface area contributed by atoms with Gasteiger partial charge in [0.05, 0.1) is 19.3 Å². The Morgan fingerprint density at radius 3 is 2.57 bits per heavy atom. The largest absolute Gasteiger partial charge is 0.399 e. The molecular formula is C10H16N2O2. The smallest absolute Gasteiger partial charge is 0.0723 e. The van der Waals surface area contributed by atoms with Gasteiger partial charge in [0.1, 0.15) is 0 Å². The molecule has 1 aromatic rings. The topological polar surface area (TPSA) is 78.5 Å². The molecule has 0 aromatic heterocycles. The zero-order valence-corrected chi connectivity index (χ0v) is 8.20. The number of benzene rings is 1. The molecule has 0 aliphatic rings. The van der Waals surface area contributed by atoms with Gasteiger partial charge in [-0.05, 0) is 24.6 Å². The molecule has 0 aliphatic heterocycles. The molecule has 78 valence electrons. The molecule has 14 heavy (non-hydrogen) atoms. The standard InChI is InChI=1S/C10H16N2O2/c1-7-2-3-8(11)4-10(7)12-9(5-13)6-14/h2-4,9,12-14H,5-6,11H2,1H3. The van der Waals surface area contributed by atoms with Crippen molar-refractivity contribution in [2.75, 3.05) is 24.3 Å². The van der Waals surface area contributed by atoms with Crippen molar-refractivity contribution >= 4 is 11.4 Å². The fourth-order valence-corrected chi connectivity index (χ4v) is 1.16. The van der Waals surface area contributed by atoms with E-state index in [1.807, 2.05) is 19.1 Å². The van der Waals surface area contributed by atoms with E-state index in [0.717, 1.165) is 11.3 Å².